The summed E-state index contributed by atoms with van der Waals surface area (Å²) in [7, 11) is 0. The Morgan fingerprint density at radius 1 is 1.62 bits per heavy atom. The highest BCUT2D eigenvalue weighted by Crippen LogP contribution is 2.03. The standard InChI is InChI=1S/C11H17N3OS/c1-8(6-7-16-2)13-11(15)9-4-3-5-10(12)14-9/h3-5,8H,6-7H2,1-2H3,(H2,12,14)(H,13,15). The molecule has 0 saturated heterocycles. The van der Waals surface area contributed by atoms with Crippen molar-refractivity contribution < 1.29 is 4.79 Å². The van der Waals surface area contributed by atoms with Gasteiger partial charge in [-0.2, -0.15) is 11.8 Å². The number of hydrogen-bond acceptors (Lipinski definition) is 4. The molecule has 3 N–H and O–H groups in total. The Morgan fingerprint density at radius 3 is 3.00 bits per heavy atom. The Balaban J connectivity index is 2.52. The third-order valence-electron chi connectivity index (χ3n) is 2.14. The first kappa shape index (κ1) is 12.8. The van der Waals surface area contributed by atoms with E-state index in [1.54, 1.807) is 30.0 Å². The fourth-order valence-corrected chi connectivity index (χ4v) is 1.83. The first-order valence-electron chi connectivity index (χ1n) is 5.16. The van der Waals surface area contributed by atoms with E-state index in [4.69, 9.17) is 5.73 Å². The number of thioether (sulfide) groups is 1. The maximum absolute atomic E-state index is 11.7. The molecule has 5 heteroatoms. The molecular weight excluding hydrogens is 222 g/mol. The van der Waals surface area contributed by atoms with Crippen LogP contribution in [0.3, 0.4) is 0 Å². The summed E-state index contributed by atoms with van der Waals surface area (Å²) in [4.78, 5) is 15.7. The summed E-state index contributed by atoms with van der Waals surface area (Å²) in [5.41, 5.74) is 5.88. The van der Waals surface area contributed by atoms with Gasteiger partial charge in [-0.15, -0.1) is 0 Å². The number of nitrogens with one attached hydrogen (secondary N) is 1. The number of nitrogens with two attached hydrogens (primary N) is 1. The lowest BCUT2D eigenvalue weighted by Gasteiger charge is -2.12. The lowest BCUT2D eigenvalue weighted by Crippen LogP contribution is -2.33. The maximum atomic E-state index is 11.7. The molecule has 1 amide bonds. The molecule has 1 rings (SSSR count). The van der Waals surface area contributed by atoms with Crippen molar-refractivity contribution in [1.29, 1.82) is 0 Å². The molecule has 0 spiro atoms. The van der Waals surface area contributed by atoms with Gasteiger partial charge in [-0.05, 0) is 37.5 Å². The molecular formula is C11H17N3OS. The summed E-state index contributed by atoms with van der Waals surface area (Å²) < 4.78 is 0. The predicted octanol–water partition coefficient (Wildman–Crippen LogP) is 1.54. The second-order valence-corrected chi connectivity index (χ2v) is 4.59. The van der Waals surface area contributed by atoms with Gasteiger partial charge < -0.3 is 11.1 Å². The molecule has 1 unspecified atom stereocenters. The Morgan fingerprint density at radius 2 is 2.38 bits per heavy atom. The third-order valence-corrected chi connectivity index (χ3v) is 2.78. The van der Waals surface area contributed by atoms with Crippen LogP contribution in [0.4, 0.5) is 5.82 Å². The molecule has 0 radical (unpaired) electrons. The first-order chi connectivity index (χ1) is 7.63. The Hall–Kier alpha value is -1.23. The molecule has 1 aromatic rings. The van der Waals surface area contributed by atoms with Gasteiger partial charge in [0.05, 0.1) is 0 Å². The second-order valence-electron chi connectivity index (χ2n) is 3.60. The maximum Gasteiger partial charge on any atom is 0.270 e. The average Bonchev–Trinajstić information content (AvgIpc) is 2.26. The van der Waals surface area contributed by atoms with Gasteiger partial charge in [0.25, 0.3) is 5.91 Å². The molecule has 0 aliphatic rings. The van der Waals surface area contributed by atoms with Crippen LogP contribution in [-0.2, 0) is 0 Å². The van der Waals surface area contributed by atoms with Gasteiger partial charge in [0, 0.05) is 6.04 Å². The summed E-state index contributed by atoms with van der Waals surface area (Å²) >= 11 is 1.77. The van der Waals surface area contributed by atoms with Crippen LogP contribution in [0.2, 0.25) is 0 Å². The smallest absolute Gasteiger partial charge is 0.270 e. The number of aromatic nitrogens is 1. The van der Waals surface area contributed by atoms with Crippen LogP contribution in [0, 0.1) is 0 Å². The molecule has 4 nitrogen and oxygen atoms in total. The summed E-state index contributed by atoms with van der Waals surface area (Å²) in [6.45, 7) is 1.99. The predicted molar refractivity (Wildman–Crippen MR) is 68.6 cm³/mol. The van der Waals surface area contributed by atoms with Gasteiger partial charge in [-0.3, -0.25) is 4.79 Å². The van der Waals surface area contributed by atoms with Crippen molar-refractivity contribution in [2.45, 2.75) is 19.4 Å². The summed E-state index contributed by atoms with van der Waals surface area (Å²) in [5.74, 6) is 1.23. The van der Waals surface area contributed by atoms with Crippen LogP contribution in [-0.4, -0.2) is 28.9 Å². The lowest BCUT2D eigenvalue weighted by atomic mass is 10.2. The zero-order chi connectivity index (χ0) is 12.0. The number of amides is 1. The van der Waals surface area contributed by atoms with E-state index in [0.29, 0.717) is 11.5 Å². The number of anilines is 1. The fraction of sp³-hybridized carbons (Fsp3) is 0.455. The van der Waals surface area contributed by atoms with Gasteiger partial charge in [0.2, 0.25) is 0 Å². The van der Waals surface area contributed by atoms with Gasteiger partial charge in [0.15, 0.2) is 0 Å². The van der Waals surface area contributed by atoms with E-state index >= 15 is 0 Å². The lowest BCUT2D eigenvalue weighted by molar-refractivity contribution is 0.0934. The molecule has 1 atom stereocenters. The number of pyridine rings is 1. The SMILES string of the molecule is CSCCC(C)NC(=O)c1cccc(N)n1. The topological polar surface area (TPSA) is 68.0 Å². The highest BCUT2D eigenvalue weighted by Gasteiger charge is 2.10. The number of hydrogen-bond donors (Lipinski definition) is 2. The van der Waals surface area contributed by atoms with E-state index in [2.05, 4.69) is 10.3 Å². The number of nitrogen functional groups attached to an aromatic ring is 1. The quantitative estimate of drug-likeness (QED) is 0.817. The molecule has 1 aromatic heterocycles. The van der Waals surface area contributed by atoms with Gasteiger partial charge in [-0.1, -0.05) is 6.07 Å². The van der Waals surface area contributed by atoms with Crippen molar-refractivity contribution >= 4 is 23.5 Å². The van der Waals surface area contributed by atoms with Gasteiger partial charge >= 0.3 is 0 Å². The summed E-state index contributed by atoms with van der Waals surface area (Å²) in [5, 5.41) is 2.89. The van der Waals surface area contributed by atoms with Crippen molar-refractivity contribution in [1.82, 2.24) is 10.3 Å². The van der Waals surface area contributed by atoms with Gasteiger partial charge in [0.1, 0.15) is 11.5 Å². The van der Waals surface area contributed by atoms with Crippen LogP contribution >= 0.6 is 11.8 Å². The zero-order valence-electron chi connectivity index (χ0n) is 9.56. The highest BCUT2D eigenvalue weighted by molar-refractivity contribution is 7.98. The van der Waals surface area contributed by atoms with Crippen molar-refractivity contribution in [3.05, 3.63) is 23.9 Å². The number of carbonyl (C=O) groups excluding carboxylic acids is 1. The van der Waals surface area contributed by atoms with Crippen LogP contribution in [0.1, 0.15) is 23.8 Å². The second kappa shape index (κ2) is 6.37. The minimum Gasteiger partial charge on any atom is -0.384 e. The molecule has 88 valence electrons. The zero-order valence-corrected chi connectivity index (χ0v) is 10.4. The molecule has 0 aromatic carbocycles. The van der Waals surface area contributed by atoms with Crippen LogP contribution < -0.4 is 11.1 Å². The minimum atomic E-state index is -0.166. The largest absolute Gasteiger partial charge is 0.384 e. The number of rotatable bonds is 5. The van der Waals surface area contributed by atoms with E-state index in [1.807, 2.05) is 13.2 Å². The van der Waals surface area contributed by atoms with Crippen molar-refractivity contribution in [3.63, 3.8) is 0 Å². The summed E-state index contributed by atoms with van der Waals surface area (Å²) in [6.07, 6.45) is 3.00. The molecule has 1 heterocycles. The Bertz CT molecular complexity index is 357. The molecule has 0 fully saturated rings. The Kier molecular flexibility index (Phi) is 5.11. The monoisotopic (exact) mass is 239 g/mol. The van der Waals surface area contributed by atoms with Gasteiger partial charge in [-0.25, -0.2) is 4.98 Å². The highest BCUT2D eigenvalue weighted by atomic mass is 32.2. The van der Waals surface area contributed by atoms with E-state index in [1.165, 1.54) is 0 Å². The molecule has 0 aliphatic heterocycles. The van der Waals surface area contributed by atoms with E-state index in [0.717, 1.165) is 12.2 Å². The molecule has 0 saturated carbocycles. The Labute approximate surface area is 100 Å². The van der Waals surface area contributed by atoms with E-state index < -0.39 is 0 Å². The normalized spacial score (nSPS) is 12.1. The van der Waals surface area contributed by atoms with E-state index in [-0.39, 0.29) is 11.9 Å². The third kappa shape index (κ3) is 4.10. The fourth-order valence-electron chi connectivity index (χ4n) is 1.24. The number of nitrogens with zero attached hydrogens (tertiary/aromatic N) is 1. The van der Waals surface area contributed by atoms with Crippen LogP contribution in [0.15, 0.2) is 18.2 Å². The summed E-state index contributed by atoms with van der Waals surface area (Å²) in [6, 6.07) is 5.20. The average molecular weight is 239 g/mol. The molecule has 16 heavy (non-hydrogen) atoms. The minimum absolute atomic E-state index is 0.156. The first-order valence-corrected chi connectivity index (χ1v) is 6.55. The molecule has 0 aliphatic carbocycles. The van der Waals surface area contributed by atoms with Crippen molar-refractivity contribution in [3.8, 4) is 0 Å². The van der Waals surface area contributed by atoms with Crippen molar-refractivity contribution in [2.75, 3.05) is 17.7 Å². The van der Waals surface area contributed by atoms with E-state index in [9.17, 15) is 4.79 Å². The molecule has 0 bridgehead atoms. The van der Waals surface area contributed by atoms with Crippen molar-refractivity contribution in [2.24, 2.45) is 0 Å². The van der Waals surface area contributed by atoms with Crippen LogP contribution in [0.25, 0.3) is 0 Å². The number of carbonyl (C=O) groups is 1. The van der Waals surface area contributed by atoms with Crippen LogP contribution in [0.5, 0.6) is 0 Å².